The van der Waals surface area contributed by atoms with Crippen LogP contribution in [0, 0.1) is 12.8 Å². The molecule has 1 fully saturated rings. The molecular weight excluding hydrogens is 482 g/mol. The van der Waals surface area contributed by atoms with Gasteiger partial charge < -0.3 is 24.6 Å². The lowest BCUT2D eigenvalue weighted by Gasteiger charge is -2.42. The lowest BCUT2D eigenvalue weighted by atomic mass is 9.76. The first kappa shape index (κ1) is 27.5. The quantitative estimate of drug-likeness (QED) is 0.410. The van der Waals surface area contributed by atoms with Crippen molar-refractivity contribution in [3.8, 4) is 11.5 Å². The van der Waals surface area contributed by atoms with Crippen LogP contribution in [0.4, 0.5) is 0 Å². The fourth-order valence-corrected chi connectivity index (χ4v) is 5.76. The SMILES string of the molecule is C/C=C(/CC1=C(O)C[C@](CCc2cc(CC)c(O)cc2O)(C2CCCC2)OC1=O)N=c1ncc(C)cn1C. The lowest BCUT2D eigenvalue weighted by molar-refractivity contribution is -0.167. The molecule has 2 heterocycles. The molecule has 0 amide bonds. The highest BCUT2D eigenvalue weighted by atomic mass is 16.6. The summed E-state index contributed by atoms with van der Waals surface area (Å²) in [5.41, 5.74) is 2.99. The number of hydrogen-bond acceptors (Lipinski definition) is 7. The number of hydrogen-bond donors (Lipinski definition) is 3. The Balaban J connectivity index is 1.61. The first-order valence-electron chi connectivity index (χ1n) is 13.5. The smallest absolute Gasteiger partial charge is 0.338 e. The predicted molar refractivity (Wildman–Crippen MR) is 144 cm³/mol. The zero-order valence-corrected chi connectivity index (χ0v) is 22.8. The van der Waals surface area contributed by atoms with E-state index in [-0.39, 0.29) is 41.6 Å². The normalized spacial score (nSPS) is 21.3. The molecule has 1 atom stereocenters. The summed E-state index contributed by atoms with van der Waals surface area (Å²) >= 11 is 0. The van der Waals surface area contributed by atoms with Crippen LogP contribution < -0.4 is 5.62 Å². The van der Waals surface area contributed by atoms with Gasteiger partial charge in [-0.2, -0.15) is 0 Å². The molecule has 8 heteroatoms. The van der Waals surface area contributed by atoms with Gasteiger partial charge in [0.15, 0.2) is 0 Å². The van der Waals surface area contributed by atoms with Crippen molar-refractivity contribution in [2.45, 2.75) is 84.2 Å². The third kappa shape index (κ3) is 5.79. The summed E-state index contributed by atoms with van der Waals surface area (Å²) in [6, 6.07) is 3.20. The molecular formula is C30H39N3O5. The molecule has 1 aromatic heterocycles. The van der Waals surface area contributed by atoms with Gasteiger partial charge in [-0.05, 0) is 74.6 Å². The van der Waals surface area contributed by atoms with Gasteiger partial charge in [0.1, 0.15) is 22.9 Å². The van der Waals surface area contributed by atoms with Crippen LogP contribution in [0.2, 0.25) is 0 Å². The van der Waals surface area contributed by atoms with Crippen LogP contribution in [-0.2, 0) is 29.4 Å². The number of carbonyl (C=O) groups excluding carboxylic acids is 1. The number of allylic oxidation sites excluding steroid dienone is 2. The van der Waals surface area contributed by atoms with E-state index in [4.69, 9.17) is 4.74 Å². The average molecular weight is 522 g/mol. The van der Waals surface area contributed by atoms with Crippen molar-refractivity contribution in [3.05, 3.63) is 69.9 Å². The molecule has 0 unspecified atom stereocenters. The Morgan fingerprint density at radius 3 is 2.55 bits per heavy atom. The highest BCUT2D eigenvalue weighted by Crippen LogP contribution is 2.46. The van der Waals surface area contributed by atoms with E-state index in [0.29, 0.717) is 36.1 Å². The van der Waals surface area contributed by atoms with Crippen molar-refractivity contribution < 1.29 is 24.9 Å². The van der Waals surface area contributed by atoms with Gasteiger partial charge >= 0.3 is 5.97 Å². The summed E-state index contributed by atoms with van der Waals surface area (Å²) in [5.74, 6) is -0.218. The van der Waals surface area contributed by atoms with Crippen molar-refractivity contribution in [3.63, 3.8) is 0 Å². The van der Waals surface area contributed by atoms with E-state index in [1.807, 2.05) is 50.7 Å². The molecule has 3 N–H and O–H groups in total. The summed E-state index contributed by atoms with van der Waals surface area (Å²) in [4.78, 5) is 22.4. The van der Waals surface area contributed by atoms with E-state index in [1.54, 1.807) is 6.20 Å². The molecule has 1 aromatic carbocycles. The molecule has 0 bridgehead atoms. The number of benzene rings is 1. The van der Waals surface area contributed by atoms with Crippen LogP contribution in [0.25, 0.3) is 0 Å². The Labute approximate surface area is 224 Å². The fraction of sp³-hybridized carbons (Fsp3) is 0.500. The van der Waals surface area contributed by atoms with Crippen molar-refractivity contribution in [1.82, 2.24) is 9.55 Å². The van der Waals surface area contributed by atoms with Crippen LogP contribution in [-0.4, -0.2) is 36.4 Å². The molecule has 4 rings (SSSR count). The van der Waals surface area contributed by atoms with E-state index in [1.165, 1.54) is 6.07 Å². The molecule has 2 aliphatic rings. The molecule has 1 aliphatic heterocycles. The second-order valence-electron chi connectivity index (χ2n) is 10.6. The van der Waals surface area contributed by atoms with E-state index in [9.17, 15) is 20.1 Å². The molecule has 0 spiro atoms. The van der Waals surface area contributed by atoms with Crippen molar-refractivity contribution in [2.75, 3.05) is 0 Å². The first-order chi connectivity index (χ1) is 18.2. The van der Waals surface area contributed by atoms with Crippen LogP contribution >= 0.6 is 0 Å². The van der Waals surface area contributed by atoms with Crippen molar-refractivity contribution >= 4 is 5.97 Å². The third-order valence-corrected chi connectivity index (χ3v) is 7.97. The Kier molecular flexibility index (Phi) is 8.29. The Hall–Kier alpha value is -3.55. The Bertz CT molecular complexity index is 1330. The minimum atomic E-state index is -0.837. The summed E-state index contributed by atoms with van der Waals surface area (Å²) in [6.07, 6.45) is 11.5. The van der Waals surface area contributed by atoms with Crippen LogP contribution in [0.5, 0.6) is 11.5 Å². The second kappa shape index (κ2) is 11.5. The molecule has 8 nitrogen and oxygen atoms in total. The molecule has 204 valence electrons. The summed E-state index contributed by atoms with van der Waals surface area (Å²) in [7, 11) is 1.86. The summed E-state index contributed by atoms with van der Waals surface area (Å²) < 4.78 is 8.06. The van der Waals surface area contributed by atoms with Crippen molar-refractivity contribution in [1.29, 1.82) is 0 Å². The van der Waals surface area contributed by atoms with Gasteiger partial charge in [-0.15, -0.1) is 0 Å². The number of carbonyl (C=O) groups is 1. The largest absolute Gasteiger partial charge is 0.512 e. The standard InChI is InChI=1S/C30H39N3O5/c1-5-20-13-21(26(35)15-25(20)34)11-12-30(22-9-7-8-10-22)16-27(36)24(28(37)38-30)14-23(6-2)32-29-31-17-19(3)18-33(29)4/h6,13,15,17-18,22,34-36H,5,7-12,14,16H2,1-4H3/b23-6-,32-29?/t30-/m1/s1. The maximum Gasteiger partial charge on any atom is 0.338 e. The van der Waals surface area contributed by atoms with Gasteiger partial charge in [0.2, 0.25) is 5.62 Å². The molecule has 0 radical (unpaired) electrons. The summed E-state index contributed by atoms with van der Waals surface area (Å²) in [6.45, 7) is 5.75. The zero-order valence-electron chi connectivity index (χ0n) is 22.8. The number of aromatic nitrogens is 2. The van der Waals surface area contributed by atoms with Gasteiger partial charge in [0.25, 0.3) is 0 Å². The Morgan fingerprint density at radius 2 is 1.92 bits per heavy atom. The summed E-state index contributed by atoms with van der Waals surface area (Å²) in [5, 5.41) is 31.8. The molecule has 38 heavy (non-hydrogen) atoms. The monoisotopic (exact) mass is 521 g/mol. The Morgan fingerprint density at radius 1 is 1.21 bits per heavy atom. The van der Waals surface area contributed by atoms with Crippen LogP contribution in [0.1, 0.15) is 75.5 Å². The molecule has 1 saturated carbocycles. The third-order valence-electron chi connectivity index (χ3n) is 7.97. The van der Waals surface area contributed by atoms with Gasteiger partial charge in [-0.1, -0.05) is 25.8 Å². The number of esters is 1. The number of aromatic hydroxyl groups is 2. The number of nitrogens with zero attached hydrogens (tertiary/aromatic N) is 3. The maximum absolute atomic E-state index is 13.4. The second-order valence-corrected chi connectivity index (χ2v) is 10.6. The van der Waals surface area contributed by atoms with E-state index >= 15 is 0 Å². The van der Waals surface area contributed by atoms with Crippen molar-refractivity contribution in [2.24, 2.45) is 18.0 Å². The fourth-order valence-electron chi connectivity index (χ4n) is 5.76. The van der Waals surface area contributed by atoms with E-state index < -0.39 is 11.6 Å². The first-order valence-corrected chi connectivity index (χ1v) is 13.5. The van der Waals surface area contributed by atoms with Crippen LogP contribution in [0.3, 0.4) is 0 Å². The highest BCUT2D eigenvalue weighted by molar-refractivity contribution is 5.90. The highest BCUT2D eigenvalue weighted by Gasteiger charge is 2.48. The van der Waals surface area contributed by atoms with Gasteiger partial charge in [0, 0.05) is 44.0 Å². The number of rotatable bonds is 8. The minimum absolute atomic E-state index is 0.0288. The number of phenols is 2. The number of aliphatic hydroxyl groups is 1. The van der Waals surface area contributed by atoms with Gasteiger partial charge in [-0.3, -0.25) is 0 Å². The molecule has 2 aromatic rings. The van der Waals surface area contributed by atoms with E-state index in [0.717, 1.165) is 36.8 Å². The van der Waals surface area contributed by atoms with E-state index in [2.05, 4.69) is 9.98 Å². The maximum atomic E-state index is 13.4. The number of ether oxygens (including phenoxy) is 1. The number of cyclic esters (lactones) is 1. The molecule has 1 aliphatic carbocycles. The van der Waals surface area contributed by atoms with Gasteiger partial charge in [0.05, 0.1) is 5.57 Å². The zero-order chi connectivity index (χ0) is 27.4. The van der Waals surface area contributed by atoms with Crippen LogP contribution in [0.15, 0.2) is 52.6 Å². The number of phenolic OH excluding ortho intramolecular Hbond substituents is 2. The predicted octanol–water partition coefficient (Wildman–Crippen LogP) is 5.22. The van der Waals surface area contributed by atoms with Gasteiger partial charge in [-0.25, -0.2) is 14.8 Å². The molecule has 0 saturated heterocycles. The lowest BCUT2D eigenvalue weighted by Crippen LogP contribution is -2.46. The number of aryl methyl sites for hydroxylation is 4. The average Bonchev–Trinajstić information content (AvgIpc) is 3.42. The topological polar surface area (TPSA) is 117 Å². The number of aliphatic hydroxyl groups excluding tert-OH is 1. The minimum Gasteiger partial charge on any atom is -0.512 e.